The van der Waals surface area contributed by atoms with Gasteiger partial charge in [-0.3, -0.25) is 4.79 Å². The van der Waals surface area contributed by atoms with Crippen LogP contribution < -0.4 is 4.74 Å². The van der Waals surface area contributed by atoms with Gasteiger partial charge in [0.05, 0.1) is 19.1 Å². The summed E-state index contributed by atoms with van der Waals surface area (Å²) in [7, 11) is 1.31. The van der Waals surface area contributed by atoms with E-state index in [0.29, 0.717) is 17.9 Å². The van der Waals surface area contributed by atoms with Crippen LogP contribution in [0.5, 0.6) is 5.75 Å². The number of carboxylic acid groups (broad SMARTS) is 1. The SMILES string of the molecule is COC(=O)CC(Cc1ccc(OC(=O)OC(C)(C)C)cc1)c1cc(C(=O)O)c[nH]1. The maximum atomic E-state index is 11.8. The molecule has 1 aromatic heterocycles. The summed E-state index contributed by atoms with van der Waals surface area (Å²) >= 11 is 0. The summed E-state index contributed by atoms with van der Waals surface area (Å²) in [6.07, 6.45) is 1.15. The van der Waals surface area contributed by atoms with Crippen LogP contribution in [0.4, 0.5) is 4.79 Å². The van der Waals surface area contributed by atoms with Gasteiger partial charge < -0.3 is 24.3 Å². The van der Waals surface area contributed by atoms with E-state index in [4.69, 9.17) is 19.3 Å². The van der Waals surface area contributed by atoms with Crippen LogP contribution in [0, 0.1) is 0 Å². The van der Waals surface area contributed by atoms with Gasteiger partial charge in [-0.05, 0) is 51.0 Å². The van der Waals surface area contributed by atoms with Gasteiger partial charge in [0.15, 0.2) is 0 Å². The maximum Gasteiger partial charge on any atom is 0.514 e. The smallest absolute Gasteiger partial charge is 0.478 e. The molecule has 8 heteroatoms. The Morgan fingerprint density at radius 2 is 1.79 bits per heavy atom. The van der Waals surface area contributed by atoms with Crippen LogP contribution in [-0.4, -0.2) is 40.9 Å². The summed E-state index contributed by atoms with van der Waals surface area (Å²) in [5, 5.41) is 9.11. The van der Waals surface area contributed by atoms with Crippen LogP contribution >= 0.6 is 0 Å². The Morgan fingerprint density at radius 3 is 2.31 bits per heavy atom. The van der Waals surface area contributed by atoms with Gasteiger partial charge in [0.25, 0.3) is 0 Å². The Morgan fingerprint density at radius 1 is 1.14 bits per heavy atom. The number of carbonyl (C=O) groups is 3. The number of aromatic nitrogens is 1. The minimum absolute atomic E-state index is 0.0895. The average molecular weight is 403 g/mol. The molecular weight excluding hydrogens is 378 g/mol. The van der Waals surface area contributed by atoms with Crippen molar-refractivity contribution in [3.05, 3.63) is 53.3 Å². The first-order valence-electron chi connectivity index (χ1n) is 9.05. The molecule has 0 amide bonds. The summed E-state index contributed by atoms with van der Waals surface area (Å²) in [5.41, 5.74) is 0.975. The van der Waals surface area contributed by atoms with Gasteiger partial charge in [-0.1, -0.05) is 12.1 Å². The Bertz CT molecular complexity index is 862. The number of aromatic carboxylic acids is 1. The molecule has 1 atom stereocenters. The number of carboxylic acids is 1. The molecule has 156 valence electrons. The van der Waals surface area contributed by atoms with Crippen LogP contribution in [0.25, 0.3) is 0 Å². The highest BCUT2D eigenvalue weighted by molar-refractivity contribution is 5.87. The van der Waals surface area contributed by atoms with Crippen molar-refractivity contribution in [2.75, 3.05) is 7.11 Å². The monoisotopic (exact) mass is 403 g/mol. The van der Waals surface area contributed by atoms with E-state index in [1.807, 2.05) is 0 Å². The molecule has 0 fully saturated rings. The molecule has 29 heavy (non-hydrogen) atoms. The van der Waals surface area contributed by atoms with E-state index in [1.54, 1.807) is 45.0 Å². The molecule has 0 spiro atoms. The first kappa shape index (κ1) is 22.0. The normalized spacial score (nSPS) is 12.1. The zero-order valence-corrected chi connectivity index (χ0v) is 16.9. The molecule has 1 unspecified atom stereocenters. The van der Waals surface area contributed by atoms with Crippen LogP contribution in [0.2, 0.25) is 0 Å². The molecule has 0 radical (unpaired) electrons. The number of H-pyrrole nitrogens is 1. The van der Waals surface area contributed by atoms with Crippen molar-refractivity contribution < 1.29 is 33.7 Å². The zero-order valence-electron chi connectivity index (χ0n) is 16.9. The number of aromatic amines is 1. The van der Waals surface area contributed by atoms with Crippen LogP contribution in [-0.2, 0) is 20.7 Å². The lowest BCUT2D eigenvalue weighted by molar-refractivity contribution is -0.141. The largest absolute Gasteiger partial charge is 0.514 e. The average Bonchev–Trinajstić information content (AvgIpc) is 3.11. The predicted molar refractivity (Wildman–Crippen MR) is 104 cm³/mol. The molecule has 0 aliphatic rings. The highest BCUT2D eigenvalue weighted by Gasteiger charge is 2.21. The molecule has 0 bridgehead atoms. The highest BCUT2D eigenvalue weighted by atomic mass is 16.7. The van der Waals surface area contributed by atoms with E-state index in [2.05, 4.69) is 4.98 Å². The van der Waals surface area contributed by atoms with Gasteiger partial charge >= 0.3 is 18.1 Å². The number of rotatable bonds is 7. The number of esters is 1. The Balaban J connectivity index is 2.10. The zero-order chi connectivity index (χ0) is 21.6. The molecule has 2 N–H and O–H groups in total. The van der Waals surface area contributed by atoms with Crippen LogP contribution in [0.15, 0.2) is 36.5 Å². The quantitative estimate of drug-likeness (QED) is 0.532. The third-order valence-corrected chi connectivity index (χ3v) is 4.03. The molecule has 2 aromatic rings. The fourth-order valence-corrected chi connectivity index (χ4v) is 2.69. The molecule has 0 saturated carbocycles. The number of hydrogen-bond donors (Lipinski definition) is 2. The second kappa shape index (κ2) is 9.27. The van der Waals surface area contributed by atoms with Gasteiger partial charge in [-0.15, -0.1) is 0 Å². The lowest BCUT2D eigenvalue weighted by Gasteiger charge is -2.18. The van der Waals surface area contributed by atoms with Crippen molar-refractivity contribution in [1.82, 2.24) is 4.98 Å². The fraction of sp³-hybridized carbons (Fsp3) is 0.381. The minimum atomic E-state index is -1.05. The third-order valence-electron chi connectivity index (χ3n) is 4.03. The first-order valence-corrected chi connectivity index (χ1v) is 9.05. The van der Waals surface area contributed by atoms with Crippen molar-refractivity contribution in [3.8, 4) is 5.75 Å². The van der Waals surface area contributed by atoms with Crippen LogP contribution in [0.3, 0.4) is 0 Å². The van der Waals surface area contributed by atoms with E-state index < -0.39 is 23.7 Å². The summed E-state index contributed by atoms with van der Waals surface area (Å²) < 4.78 is 15.0. The highest BCUT2D eigenvalue weighted by Crippen LogP contribution is 2.26. The van der Waals surface area contributed by atoms with E-state index in [-0.39, 0.29) is 17.9 Å². The number of carbonyl (C=O) groups excluding carboxylic acids is 2. The van der Waals surface area contributed by atoms with Crippen molar-refractivity contribution in [2.24, 2.45) is 0 Å². The van der Waals surface area contributed by atoms with E-state index in [0.717, 1.165) is 5.56 Å². The number of nitrogens with one attached hydrogen (secondary N) is 1. The Hall–Kier alpha value is -3.29. The van der Waals surface area contributed by atoms with E-state index >= 15 is 0 Å². The van der Waals surface area contributed by atoms with Crippen molar-refractivity contribution >= 4 is 18.1 Å². The molecule has 8 nitrogen and oxygen atoms in total. The molecule has 0 aliphatic heterocycles. The summed E-state index contributed by atoms with van der Waals surface area (Å²) in [5.74, 6) is -1.41. The predicted octanol–water partition coefficient (Wildman–Crippen LogP) is 3.92. The fourth-order valence-electron chi connectivity index (χ4n) is 2.69. The lowest BCUT2D eigenvalue weighted by Crippen LogP contribution is -2.25. The summed E-state index contributed by atoms with van der Waals surface area (Å²) in [4.78, 5) is 37.6. The molecule has 1 heterocycles. The molecular formula is C21H25NO7. The number of methoxy groups -OCH3 is 1. The van der Waals surface area contributed by atoms with Crippen molar-refractivity contribution in [3.63, 3.8) is 0 Å². The third kappa shape index (κ3) is 6.99. The van der Waals surface area contributed by atoms with E-state index in [9.17, 15) is 14.4 Å². The summed E-state index contributed by atoms with van der Waals surface area (Å²) in [6, 6.07) is 8.31. The maximum absolute atomic E-state index is 11.8. The first-order chi connectivity index (χ1) is 13.6. The molecule has 0 saturated heterocycles. The summed E-state index contributed by atoms with van der Waals surface area (Å²) in [6.45, 7) is 5.24. The molecule has 1 aromatic carbocycles. The van der Waals surface area contributed by atoms with Gasteiger partial charge in [0.2, 0.25) is 0 Å². The molecule has 0 aliphatic carbocycles. The molecule has 2 rings (SSSR count). The minimum Gasteiger partial charge on any atom is -0.478 e. The Kier molecular flexibility index (Phi) is 7.03. The van der Waals surface area contributed by atoms with Crippen molar-refractivity contribution in [1.29, 1.82) is 0 Å². The second-order valence-electron chi connectivity index (χ2n) is 7.54. The van der Waals surface area contributed by atoms with Crippen LogP contribution in [0.1, 0.15) is 54.7 Å². The Labute approximate surface area is 168 Å². The second-order valence-corrected chi connectivity index (χ2v) is 7.54. The number of ether oxygens (including phenoxy) is 3. The lowest BCUT2D eigenvalue weighted by atomic mass is 9.93. The van der Waals surface area contributed by atoms with Gasteiger partial charge in [0.1, 0.15) is 11.4 Å². The topological polar surface area (TPSA) is 115 Å². The number of benzene rings is 1. The van der Waals surface area contributed by atoms with Crippen molar-refractivity contribution in [2.45, 2.75) is 45.1 Å². The van der Waals surface area contributed by atoms with Gasteiger partial charge in [-0.2, -0.15) is 0 Å². The standard InChI is InChI=1S/C21H25NO7/c1-21(2,3)29-20(26)28-16-7-5-13(6-8-16)9-14(11-18(23)27-4)17-10-15(12-22-17)19(24)25/h5-8,10,12,14,22H,9,11H2,1-4H3,(H,24,25). The van der Waals surface area contributed by atoms with Gasteiger partial charge in [0, 0.05) is 17.8 Å². The van der Waals surface area contributed by atoms with E-state index in [1.165, 1.54) is 19.4 Å². The number of hydrogen-bond acceptors (Lipinski definition) is 6. The van der Waals surface area contributed by atoms with Gasteiger partial charge in [-0.25, -0.2) is 9.59 Å².